The standard InChI is InChI=1S/C20H17Cl2NO/c1-23-12-16(10-14-6-2-4-8-18(14)21)20(24)17(13-23)11-15-7-3-5-9-19(15)22/h2-11H,12-13H2,1H3/p+1/b16-10+,17-11+. The van der Waals surface area contributed by atoms with E-state index >= 15 is 0 Å². The van der Waals surface area contributed by atoms with Gasteiger partial charge >= 0.3 is 0 Å². The van der Waals surface area contributed by atoms with Crippen molar-refractivity contribution in [2.45, 2.75) is 0 Å². The number of hydrogen-bond donors (Lipinski definition) is 1. The quantitative estimate of drug-likeness (QED) is 0.814. The number of likely N-dealkylation sites (N-methyl/N-ethyl adjacent to an activating group) is 1. The van der Waals surface area contributed by atoms with E-state index in [4.69, 9.17) is 23.2 Å². The van der Waals surface area contributed by atoms with E-state index in [0.29, 0.717) is 23.1 Å². The highest BCUT2D eigenvalue weighted by molar-refractivity contribution is 6.32. The highest BCUT2D eigenvalue weighted by atomic mass is 35.5. The summed E-state index contributed by atoms with van der Waals surface area (Å²) in [5.74, 6) is 0.0699. The van der Waals surface area contributed by atoms with Gasteiger partial charge in [0.15, 0.2) is 5.78 Å². The molecule has 1 N–H and O–H groups in total. The summed E-state index contributed by atoms with van der Waals surface area (Å²) in [5, 5.41) is 1.30. The normalized spacial score (nSPS) is 21.5. The Bertz CT molecular complexity index is 772. The fraction of sp³-hybridized carbons (Fsp3) is 0.150. The van der Waals surface area contributed by atoms with E-state index in [-0.39, 0.29) is 5.78 Å². The van der Waals surface area contributed by atoms with Gasteiger partial charge in [-0.25, -0.2) is 0 Å². The van der Waals surface area contributed by atoms with Gasteiger partial charge in [-0.15, -0.1) is 0 Å². The summed E-state index contributed by atoms with van der Waals surface area (Å²) in [6.45, 7) is 1.37. The summed E-state index contributed by atoms with van der Waals surface area (Å²) in [5.41, 5.74) is 3.28. The fourth-order valence-electron chi connectivity index (χ4n) is 2.87. The number of piperidine rings is 1. The number of likely N-dealkylation sites (tertiary alicyclic amines) is 1. The van der Waals surface area contributed by atoms with Gasteiger partial charge in [-0.1, -0.05) is 59.6 Å². The van der Waals surface area contributed by atoms with Crippen molar-refractivity contribution in [3.8, 4) is 0 Å². The van der Waals surface area contributed by atoms with Gasteiger partial charge in [-0.05, 0) is 35.4 Å². The van der Waals surface area contributed by atoms with Crippen LogP contribution < -0.4 is 4.90 Å². The third-order valence-electron chi connectivity index (χ3n) is 4.04. The number of ketones is 1. The number of quaternary nitrogens is 1. The molecule has 0 radical (unpaired) electrons. The van der Waals surface area contributed by atoms with Crippen molar-refractivity contribution in [2.75, 3.05) is 20.1 Å². The molecule has 1 saturated heterocycles. The third kappa shape index (κ3) is 3.78. The lowest BCUT2D eigenvalue weighted by atomic mass is 9.94. The van der Waals surface area contributed by atoms with Gasteiger partial charge in [0.1, 0.15) is 13.1 Å². The molecule has 122 valence electrons. The molecule has 2 nitrogen and oxygen atoms in total. The van der Waals surface area contributed by atoms with E-state index < -0.39 is 0 Å². The Morgan fingerprint density at radius 1 is 0.833 bits per heavy atom. The van der Waals surface area contributed by atoms with Crippen molar-refractivity contribution >= 4 is 41.1 Å². The first-order valence-electron chi connectivity index (χ1n) is 7.81. The number of Topliss-reactive ketones (excluding diaryl/α,β-unsaturated/α-hetero) is 1. The zero-order chi connectivity index (χ0) is 17.1. The summed E-state index contributed by atoms with van der Waals surface area (Å²) in [7, 11) is 2.08. The summed E-state index contributed by atoms with van der Waals surface area (Å²) in [6, 6.07) is 15.1. The minimum Gasteiger partial charge on any atom is -0.330 e. The van der Waals surface area contributed by atoms with Gasteiger partial charge in [-0.2, -0.15) is 0 Å². The topological polar surface area (TPSA) is 21.5 Å². The molecule has 1 heterocycles. The minimum absolute atomic E-state index is 0.0699. The second kappa shape index (κ2) is 7.35. The fourth-order valence-corrected chi connectivity index (χ4v) is 3.25. The Kier molecular flexibility index (Phi) is 5.20. The maximum Gasteiger partial charge on any atom is 0.196 e. The SMILES string of the molecule is C[NH+]1C/C(=C\c2ccccc2Cl)C(=O)/C(=C/c2ccccc2Cl)C1. The van der Waals surface area contributed by atoms with E-state index in [0.717, 1.165) is 22.3 Å². The number of hydrogen-bond acceptors (Lipinski definition) is 1. The molecule has 2 aromatic rings. The molecule has 1 fully saturated rings. The molecule has 0 aromatic heterocycles. The maximum absolute atomic E-state index is 12.9. The van der Waals surface area contributed by atoms with Crippen LogP contribution in [0.1, 0.15) is 11.1 Å². The summed E-state index contributed by atoms with van der Waals surface area (Å²) < 4.78 is 0. The van der Waals surface area contributed by atoms with Crippen LogP contribution in [0, 0.1) is 0 Å². The molecule has 0 aliphatic carbocycles. The minimum atomic E-state index is 0.0699. The first-order chi connectivity index (χ1) is 11.5. The van der Waals surface area contributed by atoms with Gasteiger partial charge in [-0.3, -0.25) is 4.79 Å². The van der Waals surface area contributed by atoms with Crippen LogP contribution in [0.25, 0.3) is 12.2 Å². The molecule has 2 aromatic carbocycles. The first-order valence-corrected chi connectivity index (χ1v) is 8.56. The molecule has 24 heavy (non-hydrogen) atoms. The van der Waals surface area contributed by atoms with Crippen molar-refractivity contribution in [3.63, 3.8) is 0 Å². The van der Waals surface area contributed by atoms with E-state index in [1.807, 2.05) is 60.7 Å². The van der Waals surface area contributed by atoms with Crippen LogP contribution in [-0.2, 0) is 4.79 Å². The molecular formula is C20H18Cl2NO+. The second-order valence-electron chi connectivity index (χ2n) is 6.02. The van der Waals surface area contributed by atoms with Crippen LogP contribution in [0.2, 0.25) is 10.0 Å². The second-order valence-corrected chi connectivity index (χ2v) is 6.84. The number of carbonyl (C=O) groups is 1. The van der Waals surface area contributed by atoms with Crippen molar-refractivity contribution in [2.24, 2.45) is 0 Å². The lowest BCUT2D eigenvalue weighted by molar-refractivity contribution is -0.870. The van der Waals surface area contributed by atoms with Crippen LogP contribution in [0.4, 0.5) is 0 Å². The summed E-state index contributed by atoms with van der Waals surface area (Å²) in [6.07, 6.45) is 3.79. The molecular weight excluding hydrogens is 341 g/mol. The molecule has 0 bridgehead atoms. The highest BCUT2D eigenvalue weighted by Crippen LogP contribution is 2.23. The zero-order valence-corrected chi connectivity index (χ0v) is 14.9. The number of rotatable bonds is 2. The Balaban J connectivity index is 1.98. The van der Waals surface area contributed by atoms with Crippen LogP contribution in [0.3, 0.4) is 0 Å². The van der Waals surface area contributed by atoms with Gasteiger partial charge < -0.3 is 4.90 Å². The average molecular weight is 359 g/mol. The predicted molar refractivity (Wildman–Crippen MR) is 100 cm³/mol. The monoisotopic (exact) mass is 358 g/mol. The summed E-state index contributed by atoms with van der Waals surface area (Å²) >= 11 is 12.4. The number of nitrogens with one attached hydrogen (secondary N) is 1. The van der Waals surface area contributed by atoms with Crippen molar-refractivity contribution in [3.05, 3.63) is 80.8 Å². The number of carbonyl (C=O) groups excluding carboxylic acids is 1. The average Bonchev–Trinajstić information content (AvgIpc) is 2.56. The van der Waals surface area contributed by atoms with Crippen molar-refractivity contribution < 1.29 is 9.69 Å². The number of benzene rings is 2. The first kappa shape index (κ1) is 17.0. The molecule has 0 spiro atoms. The van der Waals surface area contributed by atoms with Gasteiger partial charge in [0, 0.05) is 10.0 Å². The molecule has 0 saturated carbocycles. The molecule has 0 atom stereocenters. The molecule has 3 rings (SSSR count). The van der Waals surface area contributed by atoms with E-state index in [9.17, 15) is 4.79 Å². The lowest BCUT2D eigenvalue weighted by Crippen LogP contribution is -3.10. The van der Waals surface area contributed by atoms with E-state index in [1.165, 1.54) is 4.90 Å². The molecule has 4 heteroatoms. The van der Waals surface area contributed by atoms with E-state index in [2.05, 4.69) is 7.05 Å². The van der Waals surface area contributed by atoms with Crippen molar-refractivity contribution in [1.82, 2.24) is 0 Å². The zero-order valence-electron chi connectivity index (χ0n) is 13.4. The van der Waals surface area contributed by atoms with Crippen LogP contribution in [-0.4, -0.2) is 25.9 Å². The predicted octanol–water partition coefficient (Wildman–Crippen LogP) is 3.56. The molecule has 0 amide bonds. The van der Waals surface area contributed by atoms with Crippen LogP contribution in [0.15, 0.2) is 59.7 Å². The van der Waals surface area contributed by atoms with Gasteiger partial charge in [0.2, 0.25) is 0 Å². The Morgan fingerprint density at radius 2 is 1.25 bits per heavy atom. The Morgan fingerprint density at radius 3 is 1.67 bits per heavy atom. The molecule has 1 aliphatic heterocycles. The van der Waals surface area contributed by atoms with Crippen LogP contribution >= 0.6 is 23.2 Å². The van der Waals surface area contributed by atoms with Crippen LogP contribution in [0.5, 0.6) is 0 Å². The van der Waals surface area contributed by atoms with E-state index in [1.54, 1.807) is 0 Å². The smallest absolute Gasteiger partial charge is 0.196 e. The Hall–Kier alpha value is -1.87. The van der Waals surface area contributed by atoms with Gasteiger partial charge in [0.05, 0.1) is 18.2 Å². The maximum atomic E-state index is 12.9. The highest BCUT2D eigenvalue weighted by Gasteiger charge is 2.27. The Labute approximate surface area is 152 Å². The lowest BCUT2D eigenvalue weighted by Gasteiger charge is -2.23. The van der Waals surface area contributed by atoms with Crippen molar-refractivity contribution in [1.29, 1.82) is 0 Å². The number of halogens is 2. The molecule has 1 aliphatic rings. The third-order valence-corrected chi connectivity index (χ3v) is 4.73. The molecule has 0 unspecified atom stereocenters. The van der Waals surface area contributed by atoms with Gasteiger partial charge in [0.25, 0.3) is 0 Å². The summed E-state index contributed by atoms with van der Waals surface area (Å²) in [4.78, 5) is 14.1. The largest absolute Gasteiger partial charge is 0.330 e.